The maximum atomic E-state index is 12.0. The standard InChI is InChI=1S/C20H33N5O4/c1-6-28-20(27)25-10-7-17(8-11-25)22-19(21-13-18(26)23(3)4)24(5)14-16-9-12-29-15(16)2/h9,12,17H,6-8,10-11,13-14H2,1-5H3,(H,21,22). The monoisotopic (exact) mass is 407 g/mol. The highest BCUT2D eigenvalue weighted by Crippen LogP contribution is 2.14. The summed E-state index contributed by atoms with van der Waals surface area (Å²) in [5, 5.41) is 3.47. The van der Waals surface area contributed by atoms with E-state index < -0.39 is 0 Å². The Balaban J connectivity index is 2.01. The number of nitrogens with one attached hydrogen (secondary N) is 1. The van der Waals surface area contributed by atoms with E-state index >= 15 is 0 Å². The van der Waals surface area contributed by atoms with Crippen LogP contribution in [0.25, 0.3) is 0 Å². The number of hydrogen-bond donors (Lipinski definition) is 1. The van der Waals surface area contributed by atoms with Crippen molar-refractivity contribution in [1.82, 2.24) is 20.0 Å². The number of hydrogen-bond acceptors (Lipinski definition) is 5. The zero-order chi connectivity index (χ0) is 21.4. The second-order valence-corrected chi connectivity index (χ2v) is 7.39. The van der Waals surface area contributed by atoms with E-state index in [1.807, 2.05) is 31.9 Å². The summed E-state index contributed by atoms with van der Waals surface area (Å²) in [6, 6.07) is 2.11. The number of rotatable bonds is 6. The van der Waals surface area contributed by atoms with Crippen LogP contribution in [-0.4, -0.2) is 86.1 Å². The minimum absolute atomic E-state index is 0.0608. The summed E-state index contributed by atoms with van der Waals surface area (Å²) in [5.41, 5.74) is 1.07. The van der Waals surface area contributed by atoms with Crippen molar-refractivity contribution in [2.24, 2.45) is 4.99 Å². The second kappa shape index (κ2) is 10.7. The number of guanidine groups is 1. The molecule has 2 heterocycles. The number of furan rings is 1. The highest BCUT2D eigenvalue weighted by atomic mass is 16.6. The molecule has 1 N–H and O–H groups in total. The van der Waals surface area contributed by atoms with Gasteiger partial charge in [-0.2, -0.15) is 0 Å². The van der Waals surface area contributed by atoms with Crippen molar-refractivity contribution in [2.45, 2.75) is 39.3 Å². The molecule has 1 aliphatic rings. The summed E-state index contributed by atoms with van der Waals surface area (Å²) < 4.78 is 10.5. The minimum atomic E-state index is -0.260. The van der Waals surface area contributed by atoms with Gasteiger partial charge >= 0.3 is 6.09 Å². The summed E-state index contributed by atoms with van der Waals surface area (Å²) in [6.45, 7) is 6.06. The first-order chi connectivity index (χ1) is 13.8. The van der Waals surface area contributed by atoms with Gasteiger partial charge in [-0.05, 0) is 32.8 Å². The second-order valence-electron chi connectivity index (χ2n) is 7.39. The SMILES string of the molecule is CCOC(=O)N1CCC(NC(=NCC(=O)N(C)C)N(C)Cc2ccoc2C)CC1. The molecule has 29 heavy (non-hydrogen) atoms. The Morgan fingerprint density at radius 1 is 1.31 bits per heavy atom. The van der Waals surface area contributed by atoms with Crippen molar-refractivity contribution < 1.29 is 18.7 Å². The predicted octanol–water partition coefficient (Wildman–Crippen LogP) is 1.67. The van der Waals surface area contributed by atoms with Gasteiger partial charge in [-0.3, -0.25) is 4.79 Å². The van der Waals surface area contributed by atoms with Crippen molar-refractivity contribution >= 4 is 18.0 Å². The smallest absolute Gasteiger partial charge is 0.409 e. The largest absolute Gasteiger partial charge is 0.469 e. The first-order valence-corrected chi connectivity index (χ1v) is 9.98. The lowest BCUT2D eigenvalue weighted by molar-refractivity contribution is -0.127. The van der Waals surface area contributed by atoms with Gasteiger partial charge in [0, 0.05) is 52.4 Å². The lowest BCUT2D eigenvalue weighted by Crippen LogP contribution is -2.50. The molecule has 0 radical (unpaired) electrons. The minimum Gasteiger partial charge on any atom is -0.469 e. The molecule has 162 valence electrons. The molecular weight excluding hydrogens is 374 g/mol. The van der Waals surface area contributed by atoms with E-state index in [-0.39, 0.29) is 24.6 Å². The summed E-state index contributed by atoms with van der Waals surface area (Å²) in [7, 11) is 5.37. The van der Waals surface area contributed by atoms with E-state index in [2.05, 4.69) is 10.3 Å². The Morgan fingerprint density at radius 2 is 2.00 bits per heavy atom. The van der Waals surface area contributed by atoms with Crippen molar-refractivity contribution in [1.29, 1.82) is 0 Å². The lowest BCUT2D eigenvalue weighted by atomic mass is 10.1. The topological polar surface area (TPSA) is 90.6 Å². The number of likely N-dealkylation sites (N-methyl/N-ethyl adjacent to an activating group) is 1. The molecule has 0 bridgehead atoms. The number of aliphatic imine (C=N–C) groups is 1. The number of nitrogens with zero attached hydrogens (tertiary/aromatic N) is 4. The number of likely N-dealkylation sites (tertiary alicyclic amines) is 1. The van der Waals surface area contributed by atoms with Gasteiger partial charge < -0.3 is 29.2 Å². The van der Waals surface area contributed by atoms with E-state index in [1.165, 1.54) is 4.90 Å². The van der Waals surface area contributed by atoms with Crippen LogP contribution < -0.4 is 5.32 Å². The highest BCUT2D eigenvalue weighted by molar-refractivity contribution is 5.85. The van der Waals surface area contributed by atoms with Crippen LogP contribution in [0.15, 0.2) is 21.7 Å². The average molecular weight is 408 g/mol. The first-order valence-electron chi connectivity index (χ1n) is 9.98. The third-order valence-corrected chi connectivity index (χ3v) is 4.95. The Labute approximate surface area is 172 Å². The summed E-state index contributed by atoms with van der Waals surface area (Å²) in [4.78, 5) is 33.7. The molecule has 0 unspecified atom stereocenters. The summed E-state index contributed by atoms with van der Waals surface area (Å²) in [6.07, 6.45) is 2.99. The Kier molecular flexibility index (Phi) is 8.35. The Bertz CT molecular complexity index is 707. The van der Waals surface area contributed by atoms with Gasteiger partial charge in [-0.1, -0.05) is 0 Å². The number of amides is 2. The average Bonchev–Trinajstić information content (AvgIpc) is 3.09. The predicted molar refractivity (Wildman–Crippen MR) is 111 cm³/mol. The van der Waals surface area contributed by atoms with Gasteiger partial charge in [0.25, 0.3) is 0 Å². The van der Waals surface area contributed by atoms with Crippen LogP contribution in [0.3, 0.4) is 0 Å². The zero-order valence-electron chi connectivity index (χ0n) is 18.1. The third-order valence-electron chi connectivity index (χ3n) is 4.95. The van der Waals surface area contributed by atoms with E-state index in [0.717, 1.165) is 24.2 Å². The fourth-order valence-electron chi connectivity index (χ4n) is 3.07. The van der Waals surface area contributed by atoms with E-state index in [4.69, 9.17) is 9.15 Å². The van der Waals surface area contributed by atoms with Crippen molar-refractivity contribution in [3.8, 4) is 0 Å². The molecule has 0 atom stereocenters. The van der Waals surface area contributed by atoms with Gasteiger partial charge in [0.2, 0.25) is 5.91 Å². The number of ether oxygens (including phenoxy) is 1. The van der Waals surface area contributed by atoms with Crippen molar-refractivity contribution in [3.05, 3.63) is 23.7 Å². The fourth-order valence-corrected chi connectivity index (χ4v) is 3.07. The number of aryl methyl sites for hydroxylation is 1. The van der Waals surface area contributed by atoms with Gasteiger partial charge in [0.15, 0.2) is 5.96 Å². The highest BCUT2D eigenvalue weighted by Gasteiger charge is 2.25. The Hall–Kier alpha value is -2.71. The lowest BCUT2D eigenvalue weighted by Gasteiger charge is -2.34. The van der Waals surface area contributed by atoms with Gasteiger partial charge in [-0.15, -0.1) is 0 Å². The number of carbonyl (C=O) groups is 2. The van der Waals surface area contributed by atoms with Crippen LogP contribution in [0.2, 0.25) is 0 Å². The molecule has 9 nitrogen and oxygen atoms in total. The molecule has 1 aromatic heterocycles. The first kappa shape index (κ1) is 22.6. The quantitative estimate of drug-likeness (QED) is 0.570. The molecule has 0 saturated carbocycles. The van der Waals surface area contributed by atoms with Crippen LogP contribution in [0.4, 0.5) is 4.79 Å². The van der Waals surface area contributed by atoms with Crippen LogP contribution >= 0.6 is 0 Å². The molecule has 0 spiro atoms. The van der Waals surface area contributed by atoms with Gasteiger partial charge in [0.1, 0.15) is 12.3 Å². The van der Waals surface area contributed by atoms with Crippen molar-refractivity contribution in [3.63, 3.8) is 0 Å². The van der Waals surface area contributed by atoms with Gasteiger partial charge in [0.05, 0.1) is 12.9 Å². The molecule has 9 heteroatoms. The van der Waals surface area contributed by atoms with Crippen LogP contribution in [0.1, 0.15) is 31.1 Å². The Morgan fingerprint density at radius 3 is 2.55 bits per heavy atom. The van der Waals surface area contributed by atoms with Crippen molar-refractivity contribution in [2.75, 3.05) is 47.4 Å². The fraction of sp³-hybridized carbons (Fsp3) is 0.650. The molecule has 0 aliphatic carbocycles. The van der Waals surface area contributed by atoms with E-state index in [9.17, 15) is 9.59 Å². The number of piperidine rings is 1. The molecule has 0 aromatic carbocycles. The molecule has 2 amide bonds. The molecule has 1 aliphatic heterocycles. The summed E-state index contributed by atoms with van der Waals surface area (Å²) >= 11 is 0. The third kappa shape index (κ3) is 6.69. The zero-order valence-corrected chi connectivity index (χ0v) is 18.1. The van der Waals surface area contributed by atoms with Gasteiger partial charge in [-0.25, -0.2) is 9.79 Å². The summed E-state index contributed by atoms with van der Waals surface area (Å²) in [5.74, 6) is 1.47. The number of carbonyl (C=O) groups excluding carboxylic acids is 2. The molecule has 2 rings (SSSR count). The maximum absolute atomic E-state index is 12.0. The van der Waals surface area contributed by atoms with E-state index in [0.29, 0.717) is 32.2 Å². The molecule has 1 saturated heterocycles. The van der Waals surface area contributed by atoms with Crippen LogP contribution in [0, 0.1) is 6.92 Å². The van der Waals surface area contributed by atoms with Crippen LogP contribution in [0.5, 0.6) is 0 Å². The molecule has 1 fully saturated rings. The maximum Gasteiger partial charge on any atom is 0.409 e. The normalized spacial score (nSPS) is 15.2. The van der Waals surface area contributed by atoms with E-state index in [1.54, 1.807) is 25.3 Å². The molecule has 1 aromatic rings. The van der Waals surface area contributed by atoms with Crippen LogP contribution in [-0.2, 0) is 16.1 Å². The molecular formula is C20H33N5O4.